The Morgan fingerprint density at radius 2 is 2.11 bits per heavy atom. The van der Waals surface area contributed by atoms with Crippen LogP contribution >= 0.6 is 0 Å². The molecular formula is C20H33N3O4S. The van der Waals surface area contributed by atoms with Crippen molar-refractivity contribution in [3.63, 3.8) is 0 Å². The van der Waals surface area contributed by atoms with Gasteiger partial charge in [0.1, 0.15) is 0 Å². The first-order valence-corrected chi connectivity index (χ1v) is 11.3. The summed E-state index contributed by atoms with van der Waals surface area (Å²) in [4.78, 5) is 15.1. The monoisotopic (exact) mass is 411 g/mol. The first-order valence-electron chi connectivity index (χ1n) is 9.77. The molecule has 0 aromatic heterocycles. The van der Waals surface area contributed by atoms with Crippen molar-refractivity contribution < 1.29 is 17.9 Å². The van der Waals surface area contributed by atoms with Crippen molar-refractivity contribution in [3.8, 4) is 0 Å². The Balaban J connectivity index is 2.00. The summed E-state index contributed by atoms with van der Waals surface area (Å²) >= 11 is 0. The summed E-state index contributed by atoms with van der Waals surface area (Å²) in [5, 5.41) is 2.97. The quantitative estimate of drug-likeness (QED) is 0.606. The van der Waals surface area contributed by atoms with Gasteiger partial charge in [-0.25, -0.2) is 13.1 Å². The number of hydrogen-bond acceptors (Lipinski definition) is 5. The molecule has 1 heterocycles. The first-order chi connectivity index (χ1) is 13.2. The van der Waals surface area contributed by atoms with E-state index in [9.17, 15) is 13.2 Å². The molecule has 1 unspecified atom stereocenters. The smallest absolute Gasteiger partial charge is 0.251 e. The van der Waals surface area contributed by atoms with Gasteiger partial charge < -0.3 is 10.1 Å². The summed E-state index contributed by atoms with van der Waals surface area (Å²) < 4.78 is 32.0. The number of nitrogens with one attached hydrogen (secondary N) is 2. The molecule has 1 aliphatic heterocycles. The highest BCUT2D eigenvalue weighted by Gasteiger charge is 2.30. The van der Waals surface area contributed by atoms with Crippen LogP contribution in [0.3, 0.4) is 0 Å². The molecule has 1 amide bonds. The summed E-state index contributed by atoms with van der Waals surface area (Å²) in [5.41, 5.74) is 0.174. The minimum absolute atomic E-state index is 0.0698. The normalized spacial score (nSPS) is 18.8. The Labute approximate surface area is 168 Å². The van der Waals surface area contributed by atoms with E-state index in [4.69, 9.17) is 4.74 Å². The number of ether oxygens (including phenoxy) is 1. The van der Waals surface area contributed by atoms with Crippen LogP contribution < -0.4 is 10.0 Å². The summed E-state index contributed by atoms with van der Waals surface area (Å²) in [6.45, 7) is 9.55. The predicted molar refractivity (Wildman–Crippen MR) is 110 cm³/mol. The second-order valence-electron chi connectivity index (χ2n) is 8.11. The van der Waals surface area contributed by atoms with E-state index < -0.39 is 10.0 Å². The molecule has 28 heavy (non-hydrogen) atoms. The number of rotatable bonds is 9. The highest BCUT2D eigenvalue weighted by molar-refractivity contribution is 7.89. The molecule has 0 radical (unpaired) electrons. The van der Waals surface area contributed by atoms with Crippen LogP contribution in [0.15, 0.2) is 29.2 Å². The maximum Gasteiger partial charge on any atom is 0.251 e. The number of likely N-dealkylation sites (tertiary alicyclic amines) is 1. The van der Waals surface area contributed by atoms with Gasteiger partial charge in [0.2, 0.25) is 10.0 Å². The number of carbonyl (C=O) groups is 1. The van der Waals surface area contributed by atoms with Gasteiger partial charge >= 0.3 is 0 Å². The van der Waals surface area contributed by atoms with Gasteiger partial charge in [0, 0.05) is 37.8 Å². The van der Waals surface area contributed by atoms with Crippen LogP contribution in [0, 0.1) is 5.92 Å². The van der Waals surface area contributed by atoms with E-state index >= 15 is 0 Å². The van der Waals surface area contributed by atoms with E-state index in [1.165, 1.54) is 32.1 Å². The molecule has 0 spiro atoms. The SMILES string of the molecule is COCCNS(=O)(=O)c1cccc(C(=O)NCC(C)(C)N2CCCC(C)C2)c1. The second kappa shape index (κ2) is 9.82. The number of carbonyl (C=O) groups excluding carboxylic acids is 1. The maximum atomic E-state index is 12.6. The zero-order valence-electron chi connectivity index (χ0n) is 17.3. The zero-order chi connectivity index (χ0) is 20.8. The molecule has 2 rings (SSSR count). The zero-order valence-corrected chi connectivity index (χ0v) is 18.1. The molecule has 7 nitrogen and oxygen atoms in total. The molecule has 2 N–H and O–H groups in total. The van der Waals surface area contributed by atoms with Crippen molar-refractivity contribution >= 4 is 15.9 Å². The average Bonchev–Trinajstić information content (AvgIpc) is 2.66. The molecule has 0 saturated carbocycles. The fraction of sp³-hybridized carbons (Fsp3) is 0.650. The number of hydrogen-bond donors (Lipinski definition) is 2. The van der Waals surface area contributed by atoms with Crippen molar-refractivity contribution in [2.75, 3.05) is 39.9 Å². The van der Waals surface area contributed by atoms with Crippen molar-refractivity contribution in [2.45, 2.75) is 44.0 Å². The van der Waals surface area contributed by atoms with Crippen LogP contribution in [-0.4, -0.2) is 64.7 Å². The number of nitrogens with zero attached hydrogens (tertiary/aromatic N) is 1. The molecule has 1 aromatic rings. The number of piperidine rings is 1. The largest absolute Gasteiger partial charge is 0.383 e. The third-order valence-corrected chi connectivity index (χ3v) is 6.66. The van der Waals surface area contributed by atoms with Gasteiger partial charge in [0.15, 0.2) is 0 Å². The van der Waals surface area contributed by atoms with Gasteiger partial charge in [0.05, 0.1) is 11.5 Å². The van der Waals surface area contributed by atoms with Crippen molar-refractivity contribution in [3.05, 3.63) is 29.8 Å². The van der Waals surface area contributed by atoms with Gasteiger partial charge in [-0.3, -0.25) is 9.69 Å². The molecule has 1 fully saturated rings. The van der Waals surface area contributed by atoms with Crippen LogP contribution in [0.5, 0.6) is 0 Å². The third kappa shape index (κ3) is 6.27. The Kier molecular flexibility index (Phi) is 8.00. The first kappa shape index (κ1) is 22.8. The van der Waals surface area contributed by atoms with Crippen LogP contribution in [0.1, 0.15) is 44.0 Å². The maximum absolute atomic E-state index is 12.6. The highest BCUT2D eigenvalue weighted by atomic mass is 32.2. The third-order valence-electron chi connectivity index (χ3n) is 5.20. The van der Waals surface area contributed by atoms with E-state index in [2.05, 4.69) is 35.7 Å². The summed E-state index contributed by atoms with van der Waals surface area (Å²) in [6.07, 6.45) is 2.42. The number of amides is 1. The summed E-state index contributed by atoms with van der Waals surface area (Å²) in [6, 6.07) is 6.09. The van der Waals surface area contributed by atoms with E-state index in [-0.39, 0.29) is 29.5 Å². The minimum Gasteiger partial charge on any atom is -0.383 e. The van der Waals surface area contributed by atoms with Gasteiger partial charge in [-0.2, -0.15) is 0 Å². The van der Waals surface area contributed by atoms with E-state index in [0.29, 0.717) is 18.0 Å². The number of benzene rings is 1. The van der Waals surface area contributed by atoms with Crippen molar-refractivity contribution in [2.24, 2.45) is 5.92 Å². The fourth-order valence-corrected chi connectivity index (χ4v) is 4.47. The second-order valence-corrected chi connectivity index (χ2v) is 9.87. The Hall–Kier alpha value is -1.48. The van der Waals surface area contributed by atoms with E-state index in [1.54, 1.807) is 12.1 Å². The molecular weight excluding hydrogens is 378 g/mol. The lowest BCUT2D eigenvalue weighted by molar-refractivity contribution is 0.0657. The molecule has 8 heteroatoms. The van der Waals surface area contributed by atoms with Crippen LogP contribution in [0.4, 0.5) is 0 Å². The predicted octanol–water partition coefficient (Wildman–Crippen LogP) is 1.85. The molecule has 0 aliphatic carbocycles. The van der Waals surface area contributed by atoms with E-state index in [0.717, 1.165) is 13.1 Å². The van der Waals surface area contributed by atoms with Gasteiger partial charge in [-0.15, -0.1) is 0 Å². The fourth-order valence-electron chi connectivity index (χ4n) is 3.42. The lowest BCUT2D eigenvalue weighted by Gasteiger charge is -2.43. The van der Waals surface area contributed by atoms with Crippen LogP contribution in [-0.2, 0) is 14.8 Å². The van der Waals surface area contributed by atoms with Crippen LogP contribution in [0.25, 0.3) is 0 Å². The molecule has 1 saturated heterocycles. The highest BCUT2D eigenvalue weighted by Crippen LogP contribution is 2.23. The summed E-state index contributed by atoms with van der Waals surface area (Å²) in [7, 11) is -2.17. The molecule has 1 aliphatic rings. The molecule has 0 bridgehead atoms. The molecule has 1 aromatic carbocycles. The number of sulfonamides is 1. The van der Waals surface area contributed by atoms with Gasteiger partial charge in [-0.1, -0.05) is 13.0 Å². The average molecular weight is 412 g/mol. The summed E-state index contributed by atoms with van der Waals surface area (Å²) in [5.74, 6) is 0.392. The lowest BCUT2D eigenvalue weighted by Crippen LogP contribution is -2.54. The Morgan fingerprint density at radius 3 is 2.79 bits per heavy atom. The Bertz CT molecular complexity index is 764. The van der Waals surface area contributed by atoms with Crippen molar-refractivity contribution in [1.29, 1.82) is 0 Å². The molecule has 158 valence electrons. The van der Waals surface area contributed by atoms with Gasteiger partial charge in [0.25, 0.3) is 5.91 Å². The number of methoxy groups -OCH3 is 1. The van der Waals surface area contributed by atoms with Gasteiger partial charge in [-0.05, 0) is 57.4 Å². The van der Waals surface area contributed by atoms with Crippen LogP contribution in [0.2, 0.25) is 0 Å². The lowest BCUT2D eigenvalue weighted by atomic mass is 9.93. The minimum atomic E-state index is -3.67. The molecule has 1 atom stereocenters. The standard InChI is InChI=1S/C20H33N3O4S/c1-16-7-6-11-23(14-16)20(2,3)15-21-19(24)17-8-5-9-18(13-17)28(25,26)22-10-12-27-4/h5,8-9,13,16,22H,6-7,10-12,14-15H2,1-4H3,(H,21,24). The topological polar surface area (TPSA) is 87.7 Å². The Morgan fingerprint density at radius 1 is 1.36 bits per heavy atom. The van der Waals surface area contributed by atoms with Crippen molar-refractivity contribution in [1.82, 2.24) is 14.9 Å². The van der Waals surface area contributed by atoms with E-state index in [1.807, 2.05) is 0 Å².